The van der Waals surface area contributed by atoms with Crippen molar-refractivity contribution in [3.05, 3.63) is 22.7 Å². The third-order valence-electron chi connectivity index (χ3n) is 1.93. The quantitative estimate of drug-likeness (QED) is 0.755. The fourth-order valence-corrected chi connectivity index (χ4v) is 1.50. The molecule has 1 aliphatic rings. The Kier molecular flexibility index (Phi) is 2.06. The standard InChI is InChI=1S/C9H9ClO3/c1-5(11)6-2-7(10)9-8(3-6)12-4-13-9/h2-3,5,11H,4H2,1H3/t5-/m1/s1. The minimum Gasteiger partial charge on any atom is -0.454 e. The Morgan fingerprint density at radius 3 is 2.92 bits per heavy atom. The van der Waals surface area contributed by atoms with Crippen LogP contribution in [0, 0.1) is 0 Å². The zero-order chi connectivity index (χ0) is 9.42. The van der Waals surface area contributed by atoms with Crippen molar-refractivity contribution in [2.75, 3.05) is 6.79 Å². The maximum absolute atomic E-state index is 9.32. The van der Waals surface area contributed by atoms with Gasteiger partial charge in [0.2, 0.25) is 6.79 Å². The maximum atomic E-state index is 9.32. The van der Waals surface area contributed by atoms with Crippen LogP contribution in [0.4, 0.5) is 0 Å². The molecule has 1 aromatic rings. The van der Waals surface area contributed by atoms with E-state index in [9.17, 15) is 5.11 Å². The third-order valence-corrected chi connectivity index (χ3v) is 2.21. The second-order valence-electron chi connectivity index (χ2n) is 2.91. The van der Waals surface area contributed by atoms with Crippen LogP contribution in [0.25, 0.3) is 0 Å². The number of hydrogen-bond acceptors (Lipinski definition) is 3. The van der Waals surface area contributed by atoms with Crippen LogP contribution in [0.15, 0.2) is 12.1 Å². The molecule has 3 nitrogen and oxygen atoms in total. The third kappa shape index (κ3) is 1.45. The largest absolute Gasteiger partial charge is 0.454 e. The summed E-state index contributed by atoms with van der Waals surface area (Å²) in [7, 11) is 0. The average Bonchev–Trinajstić information content (AvgIpc) is 2.51. The van der Waals surface area contributed by atoms with Crippen molar-refractivity contribution in [3.63, 3.8) is 0 Å². The van der Waals surface area contributed by atoms with Crippen LogP contribution in [0.1, 0.15) is 18.6 Å². The van der Waals surface area contributed by atoms with E-state index < -0.39 is 6.10 Å². The predicted molar refractivity (Wildman–Crippen MR) is 48.2 cm³/mol. The van der Waals surface area contributed by atoms with Crippen LogP contribution in [0.2, 0.25) is 5.02 Å². The number of aliphatic hydroxyl groups is 1. The highest BCUT2D eigenvalue weighted by Gasteiger charge is 2.19. The molecule has 0 bridgehead atoms. The summed E-state index contributed by atoms with van der Waals surface area (Å²) < 4.78 is 10.3. The minimum absolute atomic E-state index is 0.193. The Labute approximate surface area is 80.8 Å². The number of rotatable bonds is 1. The molecule has 0 spiro atoms. The molecule has 2 rings (SSSR count). The van der Waals surface area contributed by atoms with Crippen molar-refractivity contribution in [2.45, 2.75) is 13.0 Å². The van der Waals surface area contributed by atoms with Crippen molar-refractivity contribution in [1.82, 2.24) is 0 Å². The second-order valence-corrected chi connectivity index (χ2v) is 3.32. The summed E-state index contributed by atoms with van der Waals surface area (Å²) in [5.41, 5.74) is 0.731. The molecule has 0 aliphatic carbocycles. The minimum atomic E-state index is -0.549. The summed E-state index contributed by atoms with van der Waals surface area (Å²) in [6, 6.07) is 3.42. The SMILES string of the molecule is C[C@@H](O)c1cc(Cl)c2c(c1)OCO2. The summed E-state index contributed by atoms with van der Waals surface area (Å²) in [5, 5.41) is 9.80. The van der Waals surface area contributed by atoms with Crippen molar-refractivity contribution >= 4 is 11.6 Å². The van der Waals surface area contributed by atoms with Gasteiger partial charge in [-0.3, -0.25) is 0 Å². The van der Waals surface area contributed by atoms with Gasteiger partial charge in [0, 0.05) is 0 Å². The van der Waals surface area contributed by atoms with E-state index in [2.05, 4.69) is 0 Å². The maximum Gasteiger partial charge on any atom is 0.231 e. The Bertz CT molecular complexity index is 336. The summed E-state index contributed by atoms with van der Waals surface area (Å²) in [4.78, 5) is 0. The Morgan fingerprint density at radius 2 is 2.23 bits per heavy atom. The van der Waals surface area contributed by atoms with Gasteiger partial charge < -0.3 is 14.6 Å². The van der Waals surface area contributed by atoms with Crippen molar-refractivity contribution in [3.8, 4) is 11.5 Å². The lowest BCUT2D eigenvalue weighted by molar-refractivity contribution is 0.173. The van der Waals surface area contributed by atoms with Gasteiger partial charge in [0.05, 0.1) is 11.1 Å². The van der Waals surface area contributed by atoms with Gasteiger partial charge >= 0.3 is 0 Å². The first-order chi connectivity index (χ1) is 6.18. The van der Waals surface area contributed by atoms with Gasteiger partial charge in [0.25, 0.3) is 0 Å². The van der Waals surface area contributed by atoms with Crippen LogP contribution < -0.4 is 9.47 Å². The highest BCUT2D eigenvalue weighted by Crippen LogP contribution is 2.40. The lowest BCUT2D eigenvalue weighted by Crippen LogP contribution is -1.93. The molecule has 1 aliphatic heterocycles. The second kappa shape index (κ2) is 3.09. The molecule has 0 radical (unpaired) electrons. The fourth-order valence-electron chi connectivity index (χ4n) is 1.23. The van der Waals surface area contributed by atoms with Gasteiger partial charge in [-0.2, -0.15) is 0 Å². The smallest absolute Gasteiger partial charge is 0.231 e. The molecule has 0 fully saturated rings. The molecule has 1 atom stereocenters. The van der Waals surface area contributed by atoms with Gasteiger partial charge in [-0.05, 0) is 24.6 Å². The molecule has 0 unspecified atom stereocenters. The molecule has 1 N–H and O–H groups in total. The molecule has 0 aromatic heterocycles. The van der Waals surface area contributed by atoms with E-state index in [1.807, 2.05) is 0 Å². The predicted octanol–water partition coefficient (Wildman–Crippen LogP) is 2.12. The summed E-state index contributed by atoms with van der Waals surface area (Å²) in [6.07, 6.45) is -0.549. The van der Waals surface area contributed by atoms with Gasteiger partial charge in [-0.25, -0.2) is 0 Å². The molecular weight excluding hydrogens is 192 g/mol. The fraction of sp³-hybridized carbons (Fsp3) is 0.333. The molecular formula is C9H9ClO3. The normalized spacial score (nSPS) is 15.9. The van der Waals surface area contributed by atoms with E-state index in [1.54, 1.807) is 19.1 Å². The highest BCUT2D eigenvalue weighted by atomic mass is 35.5. The lowest BCUT2D eigenvalue weighted by atomic mass is 10.1. The van der Waals surface area contributed by atoms with Gasteiger partial charge in [0.1, 0.15) is 0 Å². The highest BCUT2D eigenvalue weighted by molar-refractivity contribution is 6.32. The van der Waals surface area contributed by atoms with E-state index >= 15 is 0 Å². The molecule has 70 valence electrons. The van der Waals surface area contributed by atoms with Crippen LogP contribution in [0.5, 0.6) is 11.5 Å². The number of benzene rings is 1. The Morgan fingerprint density at radius 1 is 1.46 bits per heavy atom. The molecule has 1 heterocycles. The number of ether oxygens (including phenoxy) is 2. The van der Waals surface area contributed by atoms with E-state index in [0.29, 0.717) is 16.5 Å². The molecule has 1 aromatic carbocycles. The number of hydrogen-bond donors (Lipinski definition) is 1. The van der Waals surface area contributed by atoms with Gasteiger partial charge in [-0.15, -0.1) is 0 Å². The summed E-state index contributed by atoms with van der Waals surface area (Å²) in [6.45, 7) is 1.87. The Hall–Kier alpha value is -0.930. The van der Waals surface area contributed by atoms with Crippen LogP contribution in [-0.2, 0) is 0 Å². The van der Waals surface area contributed by atoms with E-state index in [1.165, 1.54) is 0 Å². The van der Waals surface area contributed by atoms with Crippen molar-refractivity contribution in [2.24, 2.45) is 0 Å². The Balaban J connectivity index is 2.49. The molecule has 4 heteroatoms. The summed E-state index contributed by atoms with van der Waals surface area (Å²) in [5.74, 6) is 1.16. The van der Waals surface area contributed by atoms with Crippen molar-refractivity contribution < 1.29 is 14.6 Å². The average molecular weight is 201 g/mol. The van der Waals surface area contributed by atoms with Crippen LogP contribution in [-0.4, -0.2) is 11.9 Å². The topological polar surface area (TPSA) is 38.7 Å². The van der Waals surface area contributed by atoms with Crippen molar-refractivity contribution in [1.29, 1.82) is 0 Å². The van der Waals surface area contributed by atoms with Crippen LogP contribution >= 0.6 is 11.6 Å². The zero-order valence-electron chi connectivity index (χ0n) is 7.08. The van der Waals surface area contributed by atoms with E-state index in [-0.39, 0.29) is 6.79 Å². The zero-order valence-corrected chi connectivity index (χ0v) is 7.84. The first-order valence-corrected chi connectivity index (χ1v) is 4.33. The summed E-state index contributed by atoms with van der Waals surface area (Å²) >= 11 is 5.90. The molecule has 13 heavy (non-hydrogen) atoms. The first kappa shape index (κ1) is 8.66. The lowest BCUT2D eigenvalue weighted by Gasteiger charge is -2.06. The van der Waals surface area contributed by atoms with Gasteiger partial charge in [0.15, 0.2) is 11.5 Å². The van der Waals surface area contributed by atoms with E-state index in [4.69, 9.17) is 21.1 Å². The molecule has 0 amide bonds. The number of halogens is 1. The molecule has 0 saturated carbocycles. The first-order valence-electron chi connectivity index (χ1n) is 3.95. The number of fused-ring (bicyclic) bond motifs is 1. The van der Waals surface area contributed by atoms with Gasteiger partial charge in [-0.1, -0.05) is 11.6 Å². The van der Waals surface area contributed by atoms with Crippen LogP contribution in [0.3, 0.4) is 0 Å². The molecule has 0 saturated heterocycles. The number of aliphatic hydroxyl groups excluding tert-OH is 1. The monoisotopic (exact) mass is 200 g/mol. The van der Waals surface area contributed by atoms with E-state index in [0.717, 1.165) is 5.56 Å².